The zero-order valence-electron chi connectivity index (χ0n) is 11.2. The maximum atomic E-state index is 13.6. The lowest BCUT2D eigenvalue weighted by Crippen LogP contribution is -2.27. The van der Waals surface area contributed by atoms with Gasteiger partial charge in [0.2, 0.25) is 0 Å². The molecule has 2 N–H and O–H groups in total. The molecule has 21 heavy (non-hydrogen) atoms. The molecule has 6 heteroatoms. The van der Waals surface area contributed by atoms with Crippen molar-refractivity contribution in [2.24, 2.45) is 0 Å². The highest BCUT2D eigenvalue weighted by Crippen LogP contribution is 2.22. The Bertz CT molecular complexity index is 691. The van der Waals surface area contributed by atoms with Gasteiger partial charge in [-0.25, -0.2) is 8.78 Å². The van der Waals surface area contributed by atoms with Crippen molar-refractivity contribution in [3.63, 3.8) is 0 Å². The highest BCUT2D eigenvalue weighted by molar-refractivity contribution is 9.10. The molecule has 3 nitrogen and oxygen atoms in total. The van der Waals surface area contributed by atoms with Crippen molar-refractivity contribution in [2.75, 3.05) is 12.8 Å². The number of nitrogens with two attached hydrogens (primary N) is 1. The summed E-state index contributed by atoms with van der Waals surface area (Å²) in [4.78, 5) is 13.7. The number of anilines is 1. The smallest absolute Gasteiger partial charge is 0.255 e. The van der Waals surface area contributed by atoms with Gasteiger partial charge >= 0.3 is 0 Å². The third-order valence-corrected chi connectivity index (χ3v) is 3.68. The molecule has 0 aliphatic heterocycles. The van der Waals surface area contributed by atoms with Gasteiger partial charge in [-0.2, -0.15) is 0 Å². The van der Waals surface area contributed by atoms with Crippen LogP contribution in [0.1, 0.15) is 15.9 Å². The molecule has 0 spiro atoms. The Morgan fingerprint density at radius 3 is 2.62 bits per heavy atom. The molecule has 0 fully saturated rings. The number of benzene rings is 2. The summed E-state index contributed by atoms with van der Waals surface area (Å²) in [6.07, 6.45) is 0. The van der Waals surface area contributed by atoms with E-state index in [1.54, 1.807) is 25.2 Å². The standard InChI is InChI=1S/C15H13BrF2N2O/c1-20(8-9-2-3-10(17)6-14(9)18)15(21)12-7-11(19)4-5-13(12)16/h2-7H,8,19H2,1H3. The minimum Gasteiger partial charge on any atom is -0.399 e. The molecule has 2 rings (SSSR count). The number of hydrogen-bond donors (Lipinski definition) is 1. The fourth-order valence-electron chi connectivity index (χ4n) is 1.89. The Morgan fingerprint density at radius 2 is 1.95 bits per heavy atom. The first kappa shape index (κ1) is 15.4. The number of nitrogens with zero attached hydrogens (tertiary/aromatic N) is 1. The van der Waals surface area contributed by atoms with E-state index in [4.69, 9.17) is 5.73 Å². The van der Waals surface area contributed by atoms with Crippen molar-refractivity contribution in [1.82, 2.24) is 4.90 Å². The van der Waals surface area contributed by atoms with Crippen LogP contribution in [-0.4, -0.2) is 17.9 Å². The summed E-state index contributed by atoms with van der Waals surface area (Å²) in [6, 6.07) is 8.17. The quantitative estimate of drug-likeness (QED) is 0.856. The van der Waals surface area contributed by atoms with E-state index in [0.29, 0.717) is 15.7 Å². The fourth-order valence-corrected chi connectivity index (χ4v) is 2.31. The minimum absolute atomic E-state index is 0.0339. The molecule has 0 unspecified atom stereocenters. The summed E-state index contributed by atoms with van der Waals surface area (Å²) in [5, 5.41) is 0. The normalized spacial score (nSPS) is 10.5. The summed E-state index contributed by atoms with van der Waals surface area (Å²) in [5.74, 6) is -1.64. The molecule has 0 aliphatic carbocycles. The molecular formula is C15H13BrF2N2O. The van der Waals surface area contributed by atoms with E-state index in [2.05, 4.69) is 15.9 Å². The molecule has 1 amide bonds. The Kier molecular flexibility index (Phi) is 4.57. The number of carbonyl (C=O) groups excluding carboxylic acids is 1. The molecule has 2 aromatic carbocycles. The molecule has 110 valence electrons. The lowest BCUT2D eigenvalue weighted by Gasteiger charge is -2.18. The van der Waals surface area contributed by atoms with Crippen LogP contribution < -0.4 is 5.73 Å². The van der Waals surface area contributed by atoms with Crippen molar-refractivity contribution in [3.05, 3.63) is 63.6 Å². The Morgan fingerprint density at radius 1 is 1.24 bits per heavy atom. The summed E-state index contributed by atoms with van der Waals surface area (Å²) in [6.45, 7) is 0.0339. The van der Waals surface area contributed by atoms with Gasteiger partial charge in [0.25, 0.3) is 5.91 Å². The van der Waals surface area contributed by atoms with Crippen molar-refractivity contribution < 1.29 is 13.6 Å². The van der Waals surface area contributed by atoms with Gasteiger partial charge in [-0.15, -0.1) is 0 Å². The number of nitrogen functional groups attached to an aromatic ring is 1. The van der Waals surface area contributed by atoms with E-state index in [1.807, 2.05) is 0 Å². The van der Waals surface area contributed by atoms with E-state index < -0.39 is 11.6 Å². The lowest BCUT2D eigenvalue weighted by molar-refractivity contribution is 0.0783. The number of hydrogen-bond acceptors (Lipinski definition) is 2. The SMILES string of the molecule is CN(Cc1ccc(F)cc1F)C(=O)c1cc(N)ccc1Br. The van der Waals surface area contributed by atoms with Crippen LogP contribution in [-0.2, 0) is 6.54 Å². The van der Waals surface area contributed by atoms with Gasteiger partial charge in [0.05, 0.1) is 5.56 Å². The van der Waals surface area contributed by atoms with Gasteiger partial charge < -0.3 is 10.6 Å². The summed E-state index contributed by atoms with van der Waals surface area (Å²) in [5.41, 5.74) is 6.76. The summed E-state index contributed by atoms with van der Waals surface area (Å²) in [7, 11) is 1.54. The van der Waals surface area contributed by atoms with E-state index in [9.17, 15) is 13.6 Å². The first-order chi connectivity index (χ1) is 9.88. The highest BCUT2D eigenvalue weighted by Gasteiger charge is 2.17. The first-order valence-electron chi connectivity index (χ1n) is 6.13. The van der Waals surface area contributed by atoms with E-state index in [1.165, 1.54) is 11.0 Å². The van der Waals surface area contributed by atoms with Crippen LogP contribution in [0.15, 0.2) is 40.9 Å². The van der Waals surface area contributed by atoms with E-state index in [-0.39, 0.29) is 18.0 Å². The van der Waals surface area contributed by atoms with Crippen LogP contribution >= 0.6 is 15.9 Å². The second-order valence-corrected chi connectivity index (χ2v) is 5.49. The second kappa shape index (κ2) is 6.22. The topological polar surface area (TPSA) is 46.3 Å². The average molecular weight is 355 g/mol. The van der Waals surface area contributed by atoms with Crippen molar-refractivity contribution in [3.8, 4) is 0 Å². The van der Waals surface area contributed by atoms with Gasteiger partial charge in [-0.05, 0) is 40.2 Å². The van der Waals surface area contributed by atoms with Crippen molar-refractivity contribution in [1.29, 1.82) is 0 Å². The van der Waals surface area contributed by atoms with Gasteiger partial charge in [0.1, 0.15) is 11.6 Å². The number of amides is 1. The van der Waals surface area contributed by atoms with Crippen molar-refractivity contribution in [2.45, 2.75) is 6.54 Å². The average Bonchev–Trinajstić information content (AvgIpc) is 2.43. The monoisotopic (exact) mass is 354 g/mol. The highest BCUT2D eigenvalue weighted by atomic mass is 79.9. The van der Waals surface area contributed by atoms with Crippen molar-refractivity contribution >= 4 is 27.5 Å². The zero-order valence-corrected chi connectivity index (χ0v) is 12.8. The van der Waals surface area contributed by atoms with Crippen LogP contribution in [0.5, 0.6) is 0 Å². The Labute approximate surface area is 129 Å². The van der Waals surface area contributed by atoms with Gasteiger partial charge in [0, 0.05) is 35.4 Å². The maximum Gasteiger partial charge on any atom is 0.255 e. The van der Waals surface area contributed by atoms with Gasteiger partial charge in [-0.1, -0.05) is 6.07 Å². The third kappa shape index (κ3) is 3.58. The summed E-state index contributed by atoms with van der Waals surface area (Å²) >= 11 is 3.28. The molecule has 0 aliphatic rings. The Balaban J connectivity index is 2.21. The van der Waals surface area contributed by atoms with E-state index >= 15 is 0 Å². The predicted octanol–water partition coefficient (Wildman–Crippen LogP) is 3.58. The summed E-state index contributed by atoms with van der Waals surface area (Å²) < 4.78 is 27.1. The third-order valence-electron chi connectivity index (χ3n) is 2.99. The van der Waals surface area contributed by atoms with Gasteiger partial charge in [0.15, 0.2) is 0 Å². The molecule has 0 saturated carbocycles. The fraction of sp³-hybridized carbons (Fsp3) is 0.133. The number of halogens is 3. The minimum atomic E-state index is -0.679. The maximum absolute atomic E-state index is 13.6. The van der Waals surface area contributed by atoms with Crippen LogP contribution in [0.25, 0.3) is 0 Å². The Hall–Kier alpha value is -1.95. The molecule has 0 heterocycles. The molecule has 0 radical (unpaired) electrons. The van der Waals surface area contributed by atoms with Crippen LogP contribution in [0.4, 0.5) is 14.5 Å². The van der Waals surface area contributed by atoms with Gasteiger partial charge in [-0.3, -0.25) is 4.79 Å². The number of carbonyl (C=O) groups is 1. The first-order valence-corrected chi connectivity index (χ1v) is 6.92. The molecule has 0 aromatic heterocycles. The number of rotatable bonds is 3. The van der Waals surface area contributed by atoms with Crippen LogP contribution in [0.2, 0.25) is 0 Å². The zero-order chi connectivity index (χ0) is 15.6. The molecule has 0 atom stereocenters. The molecule has 0 saturated heterocycles. The second-order valence-electron chi connectivity index (χ2n) is 4.64. The van der Waals surface area contributed by atoms with Crippen LogP contribution in [0, 0.1) is 11.6 Å². The molecule has 2 aromatic rings. The van der Waals surface area contributed by atoms with E-state index in [0.717, 1.165) is 12.1 Å². The molecule has 0 bridgehead atoms. The lowest BCUT2D eigenvalue weighted by atomic mass is 10.1. The largest absolute Gasteiger partial charge is 0.399 e. The predicted molar refractivity (Wildman–Crippen MR) is 80.7 cm³/mol. The van der Waals surface area contributed by atoms with Crippen LogP contribution in [0.3, 0.4) is 0 Å². The molecular weight excluding hydrogens is 342 g/mol.